The van der Waals surface area contributed by atoms with Gasteiger partial charge >= 0.3 is 5.69 Å². The van der Waals surface area contributed by atoms with Gasteiger partial charge in [-0.3, -0.25) is 14.5 Å². The van der Waals surface area contributed by atoms with E-state index in [1.807, 2.05) is 6.92 Å². The van der Waals surface area contributed by atoms with E-state index in [2.05, 4.69) is 20.6 Å². The summed E-state index contributed by atoms with van der Waals surface area (Å²) in [6, 6.07) is 2.57. The Morgan fingerprint density at radius 3 is 2.74 bits per heavy atom. The van der Waals surface area contributed by atoms with Gasteiger partial charge in [-0.2, -0.15) is 9.78 Å². The van der Waals surface area contributed by atoms with Gasteiger partial charge in [-0.15, -0.1) is 5.10 Å². The standard InChI is InChI=1S/C25H31FN6O3/c1-15-20(14-27-29-15)28-24(33)18-12-19(26)21(32-25(34)31-11-7-6-10-23(31)30-32)13-22(18)35-16(2)17-8-4-3-5-9-17/h12-14,16-17H,3-11H2,1-2H3,(H,27,29)(H,28,33). The smallest absolute Gasteiger partial charge is 0.350 e. The number of rotatable bonds is 6. The summed E-state index contributed by atoms with van der Waals surface area (Å²) in [5.41, 5.74) is 0.786. The fraction of sp³-hybridized carbons (Fsp3) is 0.520. The third-order valence-electron chi connectivity index (χ3n) is 7.20. The maximum atomic E-state index is 15.4. The van der Waals surface area contributed by atoms with Crippen LogP contribution in [0.5, 0.6) is 5.75 Å². The number of nitrogens with zero attached hydrogens (tertiary/aromatic N) is 4. The summed E-state index contributed by atoms with van der Waals surface area (Å²) in [7, 11) is 0. The van der Waals surface area contributed by atoms with Gasteiger partial charge in [0, 0.05) is 25.2 Å². The average molecular weight is 483 g/mol. The van der Waals surface area contributed by atoms with Gasteiger partial charge in [-0.1, -0.05) is 19.3 Å². The van der Waals surface area contributed by atoms with Gasteiger partial charge in [-0.05, 0) is 51.5 Å². The molecule has 0 saturated heterocycles. The van der Waals surface area contributed by atoms with E-state index in [4.69, 9.17) is 4.74 Å². The Bertz CT molecular complexity index is 1290. The van der Waals surface area contributed by atoms with Gasteiger partial charge < -0.3 is 10.1 Å². The summed E-state index contributed by atoms with van der Waals surface area (Å²) >= 11 is 0. The first-order chi connectivity index (χ1) is 16.9. The molecule has 2 N–H and O–H groups in total. The first-order valence-electron chi connectivity index (χ1n) is 12.4. The van der Waals surface area contributed by atoms with E-state index in [0.29, 0.717) is 36.1 Å². The van der Waals surface area contributed by atoms with Gasteiger partial charge in [0.25, 0.3) is 5.91 Å². The molecular formula is C25H31FN6O3. The molecule has 0 radical (unpaired) electrons. The monoisotopic (exact) mass is 482 g/mol. The molecule has 2 aliphatic rings. The molecule has 35 heavy (non-hydrogen) atoms. The van der Waals surface area contributed by atoms with E-state index in [1.54, 1.807) is 17.7 Å². The lowest BCUT2D eigenvalue weighted by Gasteiger charge is -2.29. The van der Waals surface area contributed by atoms with Crippen molar-refractivity contribution in [3.63, 3.8) is 0 Å². The second kappa shape index (κ2) is 9.67. The highest BCUT2D eigenvalue weighted by atomic mass is 19.1. The van der Waals surface area contributed by atoms with Crippen LogP contribution in [0.3, 0.4) is 0 Å². The maximum absolute atomic E-state index is 15.4. The van der Waals surface area contributed by atoms with Crippen molar-refractivity contribution < 1.29 is 13.9 Å². The normalized spacial score (nSPS) is 17.1. The number of hydrogen-bond acceptors (Lipinski definition) is 5. The number of fused-ring (bicyclic) bond motifs is 1. The summed E-state index contributed by atoms with van der Waals surface area (Å²) in [4.78, 5) is 26.2. The molecule has 1 aliphatic heterocycles. The molecule has 5 rings (SSSR count). The van der Waals surface area contributed by atoms with Crippen molar-refractivity contribution in [1.82, 2.24) is 24.5 Å². The molecule has 3 aromatic rings. The van der Waals surface area contributed by atoms with Crippen LogP contribution >= 0.6 is 0 Å². The fourth-order valence-electron chi connectivity index (χ4n) is 5.11. The summed E-state index contributed by atoms with van der Waals surface area (Å²) in [5, 5.41) is 13.9. The summed E-state index contributed by atoms with van der Waals surface area (Å²) in [5.74, 6) is 0.00965. The third kappa shape index (κ3) is 4.61. The fourth-order valence-corrected chi connectivity index (χ4v) is 5.11. The number of hydrogen-bond donors (Lipinski definition) is 2. The number of halogens is 1. The van der Waals surface area contributed by atoms with Gasteiger partial charge in [0.1, 0.15) is 23.1 Å². The van der Waals surface area contributed by atoms with Crippen molar-refractivity contribution in [2.75, 3.05) is 5.32 Å². The summed E-state index contributed by atoms with van der Waals surface area (Å²) in [6.07, 6.45) is 9.54. The Morgan fingerprint density at radius 2 is 2.03 bits per heavy atom. The minimum absolute atomic E-state index is 0.0150. The SMILES string of the molecule is Cc1n[nH]cc1NC(=O)c1cc(F)c(-n2nc3n(c2=O)CCCC3)cc1OC(C)C1CCCCC1. The molecule has 0 bridgehead atoms. The number of benzene rings is 1. The van der Waals surface area contributed by atoms with Crippen LogP contribution in [0.4, 0.5) is 10.1 Å². The highest BCUT2D eigenvalue weighted by Crippen LogP contribution is 2.32. The maximum Gasteiger partial charge on any atom is 0.350 e. The first kappa shape index (κ1) is 23.3. The van der Waals surface area contributed by atoms with E-state index in [9.17, 15) is 9.59 Å². The van der Waals surface area contributed by atoms with Crippen molar-refractivity contribution >= 4 is 11.6 Å². The molecule has 1 unspecified atom stereocenters. The van der Waals surface area contributed by atoms with Gasteiger partial charge in [0.2, 0.25) is 0 Å². The quantitative estimate of drug-likeness (QED) is 0.549. The molecule has 0 spiro atoms. The van der Waals surface area contributed by atoms with Crippen LogP contribution in [-0.4, -0.2) is 36.6 Å². The molecule has 1 fully saturated rings. The third-order valence-corrected chi connectivity index (χ3v) is 7.20. The summed E-state index contributed by atoms with van der Waals surface area (Å²) < 4.78 is 24.4. The zero-order valence-corrected chi connectivity index (χ0v) is 20.1. The average Bonchev–Trinajstić information content (AvgIpc) is 3.42. The number of aromatic nitrogens is 5. The zero-order chi connectivity index (χ0) is 24.5. The van der Waals surface area contributed by atoms with Crippen LogP contribution in [0.15, 0.2) is 23.1 Å². The van der Waals surface area contributed by atoms with Gasteiger partial charge in [-0.25, -0.2) is 9.18 Å². The Balaban J connectivity index is 1.54. The number of aryl methyl sites for hydroxylation is 2. The molecule has 1 amide bonds. The molecule has 10 heteroatoms. The van der Waals surface area contributed by atoms with E-state index in [-0.39, 0.29) is 28.8 Å². The molecule has 1 aliphatic carbocycles. The van der Waals surface area contributed by atoms with Gasteiger partial charge in [0.05, 0.1) is 23.0 Å². The van der Waals surface area contributed by atoms with Crippen LogP contribution in [0, 0.1) is 18.7 Å². The number of carbonyl (C=O) groups is 1. The number of carbonyl (C=O) groups excluding carboxylic acids is 1. The van der Waals surface area contributed by atoms with E-state index in [0.717, 1.165) is 49.3 Å². The second-order valence-electron chi connectivity index (χ2n) is 9.58. The molecule has 1 aromatic carbocycles. The van der Waals surface area contributed by atoms with Crippen molar-refractivity contribution in [2.45, 2.75) is 77.9 Å². The molecule has 9 nitrogen and oxygen atoms in total. The van der Waals surface area contributed by atoms with Gasteiger partial charge in [0.15, 0.2) is 0 Å². The minimum Gasteiger partial charge on any atom is -0.490 e. The van der Waals surface area contributed by atoms with E-state index < -0.39 is 11.7 Å². The number of anilines is 1. The Morgan fingerprint density at radius 1 is 1.23 bits per heavy atom. The topological polar surface area (TPSA) is 107 Å². The molecule has 186 valence electrons. The lowest BCUT2D eigenvalue weighted by Crippen LogP contribution is -2.28. The predicted octanol–water partition coefficient (Wildman–Crippen LogP) is 4.14. The van der Waals surface area contributed by atoms with Crippen LogP contribution in [-0.2, 0) is 13.0 Å². The lowest BCUT2D eigenvalue weighted by molar-refractivity contribution is 0.0997. The van der Waals surface area contributed by atoms with E-state index in [1.165, 1.54) is 12.5 Å². The Labute approximate surface area is 202 Å². The predicted molar refractivity (Wildman–Crippen MR) is 129 cm³/mol. The van der Waals surface area contributed by atoms with Crippen LogP contribution in [0.2, 0.25) is 0 Å². The number of H-pyrrole nitrogens is 1. The molecular weight excluding hydrogens is 451 g/mol. The zero-order valence-electron chi connectivity index (χ0n) is 20.1. The van der Waals surface area contributed by atoms with Crippen LogP contribution in [0.1, 0.15) is 73.7 Å². The lowest BCUT2D eigenvalue weighted by atomic mass is 9.86. The van der Waals surface area contributed by atoms with Crippen molar-refractivity contribution in [1.29, 1.82) is 0 Å². The number of amides is 1. The molecule has 1 saturated carbocycles. The Hall–Kier alpha value is -3.43. The molecule has 3 heterocycles. The first-order valence-corrected chi connectivity index (χ1v) is 12.4. The Kier molecular flexibility index (Phi) is 6.44. The largest absolute Gasteiger partial charge is 0.490 e. The number of aromatic amines is 1. The van der Waals surface area contributed by atoms with Crippen molar-refractivity contribution in [3.05, 3.63) is 51.7 Å². The van der Waals surface area contributed by atoms with Crippen molar-refractivity contribution in [2.24, 2.45) is 5.92 Å². The van der Waals surface area contributed by atoms with E-state index >= 15 is 4.39 Å². The van der Waals surface area contributed by atoms with Crippen LogP contribution < -0.4 is 15.7 Å². The van der Waals surface area contributed by atoms with Crippen LogP contribution in [0.25, 0.3) is 5.69 Å². The molecule has 1 atom stereocenters. The highest BCUT2D eigenvalue weighted by Gasteiger charge is 2.27. The minimum atomic E-state index is -0.714. The second-order valence-corrected chi connectivity index (χ2v) is 9.58. The summed E-state index contributed by atoms with van der Waals surface area (Å²) in [6.45, 7) is 4.32. The highest BCUT2D eigenvalue weighted by molar-refractivity contribution is 6.06. The number of nitrogens with one attached hydrogen (secondary N) is 2. The molecule has 2 aromatic heterocycles. The number of ether oxygens (including phenoxy) is 1. The van der Waals surface area contributed by atoms with Crippen molar-refractivity contribution in [3.8, 4) is 11.4 Å².